The van der Waals surface area contributed by atoms with Crippen LogP contribution in [-0.2, 0) is 11.2 Å². The maximum atomic E-state index is 11.0. The van der Waals surface area contributed by atoms with Crippen molar-refractivity contribution in [2.24, 2.45) is 0 Å². The normalized spacial score (nSPS) is 11.2. The maximum absolute atomic E-state index is 11.0. The van der Waals surface area contributed by atoms with Gasteiger partial charge in [0, 0.05) is 6.54 Å². The third-order valence-corrected chi connectivity index (χ3v) is 3.33. The Kier molecular flexibility index (Phi) is 4.33. The van der Waals surface area contributed by atoms with Crippen LogP contribution in [0.3, 0.4) is 0 Å². The third kappa shape index (κ3) is 3.90. The van der Waals surface area contributed by atoms with E-state index in [1.165, 1.54) is 21.9 Å². The summed E-state index contributed by atoms with van der Waals surface area (Å²) in [6.45, 7) is 5.20. The van der Waals surface area contributed by atoms with Gasteiger partial charge in [0.05, 0.1) is 6.54 Å². The second-order valence-electron chi connectivity index (χ2n) is 5.37. The predicted molar refractivity (Wildman–Crippen MR) is 80.6 cm³/mol. The lowest BCUT2D eigenvalue weighted by molar-refractivity contribution is -0.117. The van der Waals surface area contributed by atoms with Crippen molar-refractivity contribution < 1.29 is 4.79 Å². The lowest BCUT2D eigenvalue weighted by atomic mass is 10.0. The van der Waals surface area contributed by atoms with E-state index in [9.17, 15) is 4.79 Å². The maximum Gasteiger partial charge on any atom is 0.143 e. The molecule has 2 aromatic rings. The molecular formula is C17H21NO. The van der Waals surface area contributed by atoms with E-state index >= 15 is 0 Å². The Hall–Kier alpha value is -1.67. The summed E-state index contributed by atoms with van der Waals surface area (Å²) >= 11 is 0. The van der Waals surface area contributed by atoms with E-state index < -0.39 is 0 Å². The van der Waals surface area contributed by atoms with Crippen molar-refractivity contribution in [1.29, 1.82) is 0 Å². The molecule has 0 spiro atoms. The summed E-state index contributed by atoms with van der Waals surface area (Å²) in [4.78, 5) is 13.1. The Morgan fingerprint density at radius 3 is 2.53 bits per heavy atom. The number of hydrogen-bond acceptors (Lipinski definition) is 2. The Labute approximate surface area is 115 Å². The molecule has 0 aromatic heterocycles. The molecule has 0 aliphatic carbocycles. The fourth-order valence-corrected chi connectivity index (χ4v) is 2.35. The minimum Gasteiger partial charge on any atom is -0.299 e. The van der Waals surface area contributed by atoms with Gasteiger partial charge in [0.25, 0.3) is 0 Å². The van der Waals surface area contributed by atoms with Gasteiger partial charge >= 0.3 is 0 Å². The Balaban J connectivity index is 2.05. The van der Waals surface area contributed by atoms with E-state index in [0.717, 1.165) is 13.0 Å². The molecule has 0 aliphatic rings. The van der Waals surface area contributed by atoms with Gasteiger partial charge in [0.15, 0.2) is 0 Å². The molecule has 0 unspecified atom stereocenters. The van der Waals surface area contributed by atoms with Crippen molar-refractivity contribution in [3.8, 4) is 0 Å². The third-order valence-electron chi connectivity index (χ3n) is 3.33. The Bertz CT molecular complexity index is 589. The molecule has 0 saturated heterocycles. The first-order valence-corrected chi connectivity index (χ1v) is 6.72. The van der Waals surface area contributed by atoms with Crippen LogP contribution in [0.4, 0.5) is 0 Å². The van der Waals surface area contributed by atoms with Crippen molar-refractivity contribution in [3.63, 3.8) is 0 Å². The number of rotatable bonds is 5. The van der Waals surface area contributed by atoms with Crippen molar-refractivity contribution in [2.75, 3.05) is 20.1 Å². The second kappa shape index (κ2) is 5.98. The minimum absolute atomic E-state index is 0.219. The molecule has 0 heterocycles. The summed E-state index contributed by atoms with van der Waals surface area (Å²) in [7, 11) is 1.99. The van der Waals surface area contributed by atoms with Crippen LogP contribution in [0, 0.1) is 6.92 Å². The lowest BCUT2D eigenvalue weighted by Gasteiger charge is -2.14. The number of hydrogen-bond donors (Lipinski definition) is 0. The van der Waals surface area contributed by atoms with E-state index in [-0.39, 0.29) is 5.78 Å². The molecule has 2 rings (SSSR count). The van der Waals surface area contributed by atoms with Gasteiger partial charge in [-0.2, -0.15) is 0 Å². The zero-order chi connectivity index (χ0) is 13.8. The first-order chi connectivity index (χ1) is 9.04. The summed E-state index contributed by atoms with van der Waals surface area (Å²) in [5.74, 6) is 0.219. The average molecular weight is 255 g/mol. The molecular weight excluding hydrogens is 234 g/mol. The van der Waals surface area contributed by atoms with E-state index in [2.05, 4.69) is 48.2 Å². The van der Waals surface area contributed by atoms with Crippen LogP contribution in [0.2, 0.25) is 0 Å². The molecule has 0 atom stereocenters. The molecule has 0 radical (unpaired) electrons. The van der Waals surface area contributed by atoms with Crippen molar-refractivity contribution >= 4 is 16.6 Å². The summed E-state index contributed by atoms with van der Waals surface area (Å²) < 4.78 is 0. The molecule has 0 fully saturated rings. The number of carbonyl (C=O) groups excluding carboxylic acids is 1. The minimum atomic E-state index is 0.219. The van der Waals surface area contributed by atoms with Gasteiger partial charge in [-0.3, -0.25) is 9.69 Å². The summed E-state index contributed by atoms with van der Waals surface area (Å²) in [6, 6.07) is 13.1. The van der Waals surface area contributed by atoms with Gasteiger partial charge in [-0.05, 0) is 43.7 Å². The lowest BCUT2D eigenvalue weighted by Crippen LogP contribution is -2.26. The largest absolute Gasteiger partial charge is 0.299 e. The van der Waals surface area contributed by atoms with Crippen LogP contribution in [0.15, 0.2) is 36.4 Å². The van der Waals surface area contributed by atoms with Gasteiger partial charge in [0.1, 0.15) is 5.78 Å². The fourth-order valence-electron chi connectivity index (χ4n) is 2.35. The van der Waals surface area contributed by atoms with Gasteiger partial charge < -0.3 is 0 Å². The number of fused-ring (bicyclic) bond motifs is 1. The first-order valence-electron chi connectivity index (χ1n) is 6.72. The van der Waals surface area contributed by atoms with Crippen LogP contribution in [0.1, 0.15) is 18.1 Å². The Morgan fingerprint density at radius 2 is 1.79 bits per heavy atom. The van der Waals surface area contributed by atoms with Crippen molar-refractivity contribution in [3.05, 3.63) is 47.5 Å². The number of aryl methyl sites for hydroxylation is 1. The van der Waals surface area contributed by atoms with Crippen LogP contribution < -0.4 is 0 Å². The monoisotopic (exact) mass is 255 g/mol. The van der Waals surface area contributed by atoms with Crippen LogP contribution in [0.25, 0.3) is 10.8 Å². The first kappa shape index (κ1) is 13.8. The molecule has 2 heteroatoms. The highest BCUT2D eigenvalue weighted by Crippen LogP contribution is 2.18. The molecule has 19 heavy (non-hydrogen) atoms. The number of nitrogens with zero attached hydrogens (tertiary/aromatic N) is 1. The fraction of sp³-hybridized carbons (Fsp3) is 0.353. The predicted octanol–water partition coefficient (Wildman–Crippen LogP) is 3.21. The van der Waals surface area contributed by atoms with E-state index in [1.54, 1.807) is 6.92 Å². The van der Waals surface area contributed by atoms with Gasteiger partial charge in [-0.15, -0.1) is 0 Å². The summed E-state index contributed by atoms with van der Waals surface area (Å²) in [5.41, 5.74) is 2.62. The van der Waals surface area contributed by atoms with Gasteiger partial charge in [-0.1, -0.05) is 42.0 Å². The SMILES string of the molecule is CC(=O)CN(C)CCc1ccc2cc(C)ccc2c1. The average Bonchev–Trinajstić information content (AvgIpc) is 2.35. The zero-order valence-corrected chi connectivity index (χ0v) is 11.9. The topological polar surface area (TPSA) is 20.3 Å². The van der Waals surface area contributed by atoms with E-state index in [1.807, 2.05) is 7.05 Å². The molecule has 0 aliphatic heterocycles. The molecule has 0 saturated carbocycles. The number of Topliss-reactive ketones (excluding diaryl/α,β-unsaturated/α-hetero) is 1. The van der Waals surface area contributed by atoms with Gasteiger partial charge in [0.2, 0.25) is 0 Å². The van der Waals surface area contributed by atoms with Crippen LogP contribution in [0.5, 0.6) is 0 Å². The summed E-state index contributed by atoms with van der Waals surface area (Å²) in [6.07, 6.45) is 0.980. The quantitative estimate of drug-likeness (QED) is 0.817. The smallest absolute Gasteiger partial charge is 0.143 e. The molecule has 100 valence electrons. The number of carbonyl (C=O) groups is 1. The summed E-state index contributed by atoms with van der Waals surface area (Å²) in [5, 5.41) is 2.58. The zero-order valence-electron chi connectivity index (χ0n) is 11.9. The standard InChI is InChI=1S/C17H21NO/c1-13-4-6-17-11-15(5-7-16(17)10-13)8-9-18(3)12-14(2)19/h4-7,10-11H,8-9,12H2,1-3H3. The molecule has 2 aromatic carbocycles. The van der Waals surface area contributed by atoms with Crippen LogP contribution in [-0.4, -0.2) is 30.8 Å². The molecule has 0 amide bonds. The van der Waals surface area contributed by atoms with E-state index in [4.69, 9.17) is 0 Å². The molecule has 0 N–H and O–H groups in total. The highest BCUT2D eigenvalue weighted by Gasteiger charge is 2.03. The number of likely N-dealkylation sites (N-methyl/N-ethyl adjacent to an activating group) is 1. The molecule has 2 nitrogen and oxygen atoms in total. The highest BCUT2D eigenvalue weighted by molar-refractivity contribution is 5.83. The van der Waals surface area contributed by atoms with Crippen LogP contribution >= 0.6 is 0 Å². The molecule has 0 bridgehead atoms. The van der Waals surface area contributed by atoms with Crippen molar-refractivity contribution in [2.45, 2.75) is 20.3 Å². The van der Waals surface area contributed by atoms with Crippen molar-refractivity contribution in [1.82, 2.24) is 4.90 Å². The Morgan fingerprint density at radius 1 is 1.11 bits per heavy atom. The highest BCUT2D eigenvalue weighted by atomic mass is 16.1. The number of ketones is 1. The van der Waals surface area contributed by atoms with Gasteiger partial charge in [-0.25, -0.2) is 0 Å². The van der Waals surface area contributed by atoms with E-state index in [0.29, 0.717) is 6.54 Å². The number of benzene rings is 2. The second-order valence-corrected chi connectivity index (χ2v) is 5.37.